The molecule has 0 aromatic rings. The van der Waals surface area contributed by atoms with Gasteiger partial charge in [-0.25, -0.2) is 0 Å². The quantitative estimate of drug-likeness (QED) is 0.509. The molecule has 202 valence electrons. The van der Waals surface area contributed by atoms with Gasteiger partial charge in [0, 0.05) is 11.5 Å². The Morgan fingerprint density at radius 3 is 2.31 bits per heavy atom. The molecule has 0 aromatic carbocycles. The highest BCUT2D eigenvalue weighted by Crippen LogP contribution is 2.89. The van der Waals surface area contributed by atoms with Crippen molar-refractivity contribution in [3.05, 3.63) is 0 Å². The molecule has 3 N–H and O–H groups in total. The normalized spacial score (nSPS) is 58.9. The Hall–Kier alpha value is -0.650. The van der Waals surface area contributed by atoms with Crippen LogP contribution in [0.3, 0.4) is 0 Å². The van der Waals surface area contributed by atoms with E-state index in [9.17, 15) is 15.0 Å². The van der Waals surface area contributed by atoms with E-state index in [1.54, 1.807) is 0 Å². The van der Waals surface area contributed by atoms with Crippen molar-refractivity contribution in [2.75, 3.05) is 0 Å². The third-order valence-corrected chi connectivity index (χ3v) is 14.5. The van der Waals surface area contributed by atoms with Crippen molar-refractivity contribution >= 4 is 5.91 Å². The fraction of sp³-hybridized carbons (Fsp3) is 0.968. The molecule has 12 atom stereocenters. The van der Waals surface area contributed by atoms with Gasteiger partial charge in [-0.05, 0) is 116 Å². The van der Waals surface area contributed by atoms with Crippen molar-refractivity contribution in [1.82, 2.24) is 5.32 Å². The first-order chi connectivity index (χ1) is 16.9. The minimum atomic E-state index is -0.521. The third-order valence-electron chi connectivity index (χ3n) is 14.5. The summed E-state index contributed by atoms with van der Waals surface area (Å²) in [5.41, 5.74) is 0.495. The summed E-state index contributed by atoms with van der Waals surface area (Å²) >= 11 is 0. The molecule has 7 fully saturated rings. The summed E-state index contributed by atoms with van der Waals surface area (Å²) in [6.07, 6.45) is 10.9. The molecule has 0 bridgehead atoms. The van der Waals surface area contributed by atoms with E-state index in [4.69, 9.17) is 4.74 Å². The lowest BCUT2D eigenvalue weighted by Crippen LogP contribution is -2.59. The number of amides is 1. The molecule has 1 aliphatic heterocycles. The standard InChI is InChI=1S/C31H49NO4/c1-17-15-19(26(35)32-18-7-6-8-18)36-24-23(17)28(4)13-14-31-16-30(31)12-11-22(33)27(2,3)20(30)9-10-21(31)29(28,5)25(24)34/h17-25,33-34H,6-16H2,1-5H3,(H,32,35)/t17-,19?,20+,21?,22?,23+,24?,25+,28-,29-,30-,31+/m1/s1. The molecule has 7 rings (SSSR count). The number of fused-ring (bicyclic) bond motifs is 4. The minimum Gasteiger partial charge on any atom is -0.393 e. The lowest BCUT2D eigenvalue weighted by atomic mass is 9.41. The van der Waals surface area contributed by atoms with Gasteiger partial charge in [-0.2, -0.15) is 0 Å². The lowest BCUT2D eigenvalue weighted by molar-refractivity contribution is -0.182. The zero-order chi connectivity index (χ0) is 25.5. The Morgan fingerprint density at radius 2 is 1.61 bits per heavy atom. The molecule has 1 heterocycles. The average Bonchev–Trinajstić information content (AvgIpc) is 3.44. The van der Waals surface area contributed by atoms with E-state index in [0.29, 0.717) is 40.5 Å². The number of rotatable bonds is 2. The van der Waals surface area contributed by atoms with E-state index in [-0.39, 0.29) is 34.4 Å². The van der Waals surface area contributed by atoms with Crippen LogP contribution in [0.15, 0.2) is 0 Å². The highest BCUT2D eigenvalue weighted by atomic mass is 16.5. The first-order valence-electron chi connectivity index (χ1n) is 15.2. The number of aliphatic hydroxyl groups excluding tert-OH is 2. The second kappa shape index (κ2) is 7.30. The lowest BCUT2D eigenvalue weighted by Gasteiger charge is -2.63. The van der Waals surface area contributed by atoms with Gasteiger partial charge >= 0.3 is 0 Å². The summed E-state index contributed by atoms with van der Waals surface area (Å²) < 4.78 is 6.63. The predicted molar refractivity (Wildman–Crippen MR) is 138 cm³/mol. The van der Waals surface area contributed by atoms with Crippen LogP contribution in [0.1, 0.15) is 105 Å². The van der Waals surface area contributed by atoms with Crippen LogP contribution in [-0.4, -0.2) is 46.6 Å². The maximum Gasteiger partial charge on any atom is 0.249 e. The molecule has 6 saturated carbocycles. The summed E-state index contributed by atoms with van der Waals surface area (Å²) in [6, 6.07) is 0.319. The molecule has 36 heavy (non-hydrogen) atoms. The third kappa shape index (κ3) is 2.62. The van der Waals surface area contributed by atoms with Crippen LogP contribution in [0.25, 0.3) is 0 Å². The molecule has 5 heteroatoms. The molecule has 7 aliphatic rings. The van der Waals surface area contributed by atoms with Crippen LogP contribution in [0.5, 0.6) is 0 Å². The molecule has 1 saturated heterocycles. The fourth-order valence-corrected chi connectivity index (χ4v) is 12.3. The minimum absolute atomic E-state index is 0.0186. The Bertz CT molecular complexity index is 962. The van der Waals surface area contributed by atoms with E-state index in [0.717, 1.165) is 44.9 Å². The zero-order valence-electron chi connectivity index (χ0n) is 23.2. The number of ether oxygens (including phenoxy) is 1. The monoisotopic (exact) mass is 499 g/mol. The highest BCUT2D eigenvalue weighted by molar-refractivity contribution is 5.81. The van der Waals surface area contributed by atoms with Crippen LogP contribution < -0.4 is 5.32 Å². The highest BCUT2D eigenvalue weighted by Gasteiger charge is 2.84. The summed E-state index contributed by atoms with van der Waals surface area (Å²) in [6.45, 7) is 11.8. The van der Waals surface area contributed by atoms with E-state index >= 15 is 0 Å². The molecule has 6 aliphatic carbocycles. The molecule has 5 nitrogen and oxygen atoms in total. The van der Waals surface area contributed by atoms with Crippen LogP contribution in [-0.2, 0) is 9.53 Å². The Labute approximate surface area is 217 Å². The Morgan fingerprint density at radius 1 is 0.917 bits per heavy atom. The number of carbonyl (C=O) groups is 1. The SMILES string of the molecule is C[C@@H]1CC(C(=O)NC2CCC2)OC2[C@H]1[C@@]1(C)CC[C@@]34C[C@@]35CCC(O)C(C)(C)[C@@H]5CCC4[C@]1(C)[C@H]2O. The van der Waals surface area contributed by atoms with E-state index < -0.39 is 12.2 Å². The van der Waals surface area contributed by atoms with Crippen LogP contribution in [0.2, 0.25) is 0 Å². The first kappa shape index (κ1) is 24.4. The number of hydrogen-bond acceptors (Lipinski definition) is 4. The van der Waals surface area contributed by atoms with Crippen molar-refractivity contribution in [3.63, 3.8) is 0 Å². The van der Waals surface area contributed by atoms with Crippen molar-refractivity contribution < 1.29 is 19.7 Å². The molecule has 4 unspecified atom stereocenters. The van der Waals surface area contributed by atoms with Gasteiger partial charge in [-0.15, -0.1) is 0 Å². The van der Waals surface area contributed by atoms with Crippen molar-refractivity contribution in [2.24, 2.45) is 50.7 Å². The zero-order valence-corrected chi connectivity index (χ0v) is 23.2. The van der Waals surface area contributed by atoms with E-state index in [2.05, 4.69) is 39.9 Å². The average molecular weight is 500 g/mol. The summed E-state index contributed by atoms with van der Waals surface area (Å²) in [5.74, 6) is 1.81. The van der Waals surface area contributed by atoms with Gasteiger partial charge < -0.3 is 20.3 Å². The van der Waals surface area contributed by atoms with Crippen molar-refractivity contribution in [3.8, 4) is 0 Å². The van der Waals surface area contributed by atoms with E-state index in [1.807, 2.05) is 0 Å². The summed E-state index contributed by atoms with van der Waals surface area (Å²) in [7, 11) is 0. The fourth-order valence-electron chi connectivity index (χ4n) is 12.3. The topological polar surface area (TPSA) is 78.8 Å². The molecular formula is C31H49NO4. The molecule has 1 amide bonds. The molecular weight excluding hydrogens is 450 g/mol. The van der Waals surface area contributed by atoms with Gasteiger partial charge in [-0.1, -0.05) is 34.6 Å². The van der Waals surface area contributed by atoms with Gasteiger partial charge in [-0.3, -0.25) is 4.79 Å². The van der Waals surface area contributed by atoms with Gasteiger partial charge in [0.25, 0.3) is 0 Å². The van der Waals surface area contributed by atoms with Crippen LogP contribution in [0.4, 0.5) is 0 Å². The van der Waals surface area contributed by atoms with Gasteiger partial charge in [0.1, 0.15) is 6.10 Å². The van der Waals surface area contributed by atoms with Crippen LogP contribution >= 0.6 is 0 Å². The summed E-state index contributed by atoms with van der Waals surface area (Å²) in [4.78, 5) is 13.1. The second-order valence-electron chi connectivity index (χ2n) is 15.7. The second-order valence-corrected chi connectivity index (χ2v) is 15.7. The van der Waals surface area contributed by atoms with Crippen LogP contribution in [0, 0.1) is 50.7 Å². The first-order valence-corrected chi connectivity index (χ1v) is 15.2. The number of hydrogen-bond donors (Lipinski definition) is 3. The van der Waals surface area contributed by atoms with Gasteiger partial charge in [0.15, 0.2) is 0 Å². The summed E-state index contributed by atoms with van der Waals surface area (Å²) in [5, 5.41) is 26.3. The van der Waals surface area contributed by atoms with Crippen molar-refractivity contribution in [1.29, 1.82) is 0 Å². The molecule has 0 aromatic heterocycles. The maximum atomic E-state index is 13.1. The number of nitrogens with one attached hydrogen (secondary N) is 1. The number of aliphatic hydroxyl groups is 2. The number of carbonyl (C=O) groups excluding carboxylic acids is 1. The van der Waals surface area contributed by atoms with Crippen molar-refractivity contribution in [2.45, 2.75) is 136 Å². The maximum absolute atomic E-state index is 13.1. The Kier molecular flexibility index (Phi) is 4.95. The molecule has 2 spiro atoms. The largest absolute Gasteiger partial charge is 0.393 e. The predicted octanol–water partition coefficient (Wildman–Crippen LogP) is 4.83. The van der Waals surface area contributed by atoms with Gasteiger partial charge in [0.05, 0.1) is 18.3 Å². The Balaban J connectivity index is 1.20. The van der Waals surface area contributed by atoms with Gasteiger partial charge in [0.2, 0.25) is 5.91 Å². The molecule has 0 radical (unpaired) electrons. The smallest absolute Gasteiger partial charge is 0.249 e. The van der Waals surface area contributed by atoms with E-state index in [1.165, 1.54) is 25.7 Å².